The van der Waals surface area contributed by atoms with Gasteiger partial charge < -0.3 is 15.2 Å². The molecule has 3 nitrogen and oxygen atoms in total. The molecule has 0 atom stereocenters. The van der Waals surface area contributed by atoms with Crippen LogP contribution in [0.1, 0.15) is 5.56 Å². The molecular weight excluding hydrogens is 258 g/mol. The van der Waals surface area contributed by atoms with Crippen molar-refractivity contribution in [2.45, 2.75) is 10.6 Å². The van der Waals surface area contributed by atoms with Crippen LogP contribution < -0.4 is 15.2 Å². The fourth-order valence-corrected chi connectivity index (χ4v) is 2.74. The monoisotopic (exact) mass is 275 g/mol. The topological polar surface area (TPSA) is 44.5 Å². The highest BCUT2D eigenvalue weighted by Crippen LogP contribution is 2.32. The van der Waals surface area contributed by atoms with Gasteiger partial charge in [-0.25, -0.2) is 0 Å². The number of rotatable bonds is 5. The van der Waals surface area contributed by atoms with Crippen molar-refractivity contribution in [3.8, 4) is 11.5 Å². The van der Waals surface area contributed by atoms with Crippen molar-refractivity contribution < 1.29 is 9.47 Å². The molecule has 2 aromatic carbocycles. The van der Waals surface area contributed by atoms with Crippen LogP contribution in [0.25, 0.3) is 0 Å². The summed E-state index contributed by atoms with van der Waals surface area (Å²) in [6.07, 6.45) is 0. The summed E-state index contributed by atoms with van der Waals surface area (Å²) < 4.78 is 10.6. The number of thioether (sulfide) groups is 1. The number of nitrogen functional groups attached to an aromatic ring is 1. The van der Waals surface area contributed by atoms with E-state index in [9.17, 15) is 0 Å². The van der Waals surface area contributed by atoms with Gasteiger partial charge in [0.15, 0.2) is 0 Å². The summed E-state index contributed by atoms with van der Waals surface area (Å²) in [4.78, 5) is 1.12. The highest BCUT2D eigenvalue weighted by atomic mass is 32.2. The molecule has 0 bridgehead atoms. The summed E-state index contributed by atoms with van der Waals surface area (Å²) in [5, 5.41) is 0. The second kappa shape index (κ2) is 6.38. The van der Waals surface area contributed by atoms with Gasteiger partial charge in [0, 0.05) is 22.4 Å². The highest BCUT2D eigenvalue weighted by molar-refractivity contribution is 7.98. The Balaban J connectivity index is 2.12. The van der Waals surface area contributed by atoms with E-state index in [1.807, 2.05) is 42.5 Å². The second-order valence-electron chi connectivity index (χ2n) is 4.05. The standard InChI is InChI=1S/C15H17NO2S/c1-17-13-8-11(7-12(16)9-13)10-19-15-6-4-3-5-14(15)18-2/h3-9H,10,16H2,1-2H3. The van der Waals surface area contributed by atoms with Crippen molar-refractivity contribution in [3.05, 3.63) is 48.0 Å². The molecular formula is C15H17NO2S. The first-order chi connectivity index (χ1) is 9.22. The molecule has 0 saturated heterocycles. The highest BCUT2D eigenvalue weighted by Gasteiger charge is 2.04. The van der Waals surface area contributed by atoms with E-state index in [-0.39, 0.29) is 0 Å². The lowest BCUT2D eigenvalue weighted by molar-refractivity contribution is 0.405. The van der Waals surface area contributed by atoms with Gasteiger partial charge in [0.2, 0.25) is 0 Å². The Morgan fingerprint density at radius 2 is 1.84 bits per heavy atom. The van der Waals surface area contributed by atoms with E-state index < -0.39 is 0 Å². The first-order valence-corrected chi connectivity index (χ1v) is 6.90. The molecule has 100 valence electrons. The van der Waals surface area contributed by atoms with Gasteiger partial charge in [-0.1, -0.05) is 12.1 Å². The van der Waals surface area contributed by atoms with E-state index in [2.05, 4.69) is 0 Å². The molecule has 0 aliphatic rings. The molecule has 2 aromatic rings. The Bertz CT molecular complexity index is 558. The van der Waals surface area contributed by atoms with E-state index in [4.69, 9.17) is 15.2 Å². The van der Waals surface area contributed by atoms with E-state index in [0.717, 1.165) is 33.4 Å². The summed E-state index contributed by atoms with van der Waals surface area (Å²) in [6.45, 7) is 0. The SMILES string of the molecule is COc1cc(N)cc(CSc2ccccc2OC)c1. The zero-order chi connectivity index (χ0) is 13.7. The zero-order valence-corrected chi connectivity index (χ0v) is 11.9. The van der Waals surface area contributed by atoms with Crippen LogP contribution in [0.2, 0.25) is 0 Å². The van der Waals surface area contributed by atoms with E-state index >= 15 is 0 Å². The van der Waals surface area contributed by atoms with Crippen LogP contribution in [-0.2, 0) is 5.75 Å². The first-order valence-electron chi connectivity index (χ1n) is 5.92. The Kier molecular flexibility index (Phi) is 4.58. The van der Waals surface area contributed by atoms with Crippen LogP contribution in [0.3, 0.4) is 0 Å². The lowest BCUT2D eigenvalue weighted by atomic mass is 10.2. The van der Waals surface area contributed by atoms with Crippen molar-refractivity contribution in [3.63, 3.8) is 0 Å². The molecule has 0 saturated carbocycles. The van der Waals surface area contributed by atoms with Crippen molar-refractivity contribution in [1.82, 2.24) is 0 Å². The van der Waals surface area contributed by atoms with Gasteiger partial charge in [-0.2, -0.15) is 0 Å². The summed E-state index contributed by atoms with van der Waals surface area (Å²) in [5.41, 5.74) is 7.70. The quantitative estimate of drug-likeness (QED) is 0.669. The third-order valence-corrected chi connectivity index (χ3v) is 3.81. The number of benzene rings is 2. The molecule has 19 heavy (non-hydrogen) atoms. The smallest absolute Gasteiger partial charge is 0.132 e. The van der Waals surface area contributed by atoms with Crippen LogP contribution in [0.15, 0.2) is 47.4 Å². The van der Waals surface area contributed by atoms with Gasteiger partial charge in [-0.05, 0) is 29.8 Å². The number of anilines is 1. The molecule has 4 heteroatoms. The first kappa shape index (κ1) is 13.6. The Hall–Kier alpha value is -1.81. The van der Waals surface area contributed by atoms with Crippen LogP contribution in [0.4, 0.5) is 5.69 Å². The maximum Gasteiger partial charge on any atom is 0.132 e. The van der Waals surface area contributed by atoms with Crippen molar-refractivity contribution in [2.75, 3.05) is 20.0 Å². The van der Waals surface area contributed by atoms with Gasteiger partial charge in [-0.3, -0.25) is 0 Å². The molecule has 0 heterocycles. The van der Waals surface area contributed by atoms with Crippen molar-refractivity contribution >= 4 is 17.4 Å². The minimum atomic E-state index is 0.718. The minimum Gasteiger partial charge on any atom is -0.497 e. The molecule has 0 unspecified atom stereocenters. The maximum absolute atomic E-state index is 5.85. The average molecular weight is 275 g/mol. The maximum atomic E-state index is 5.85. The van der Waals surface area contributed by atoms with Gasteiger partial charge in [0.1, 0.15) is 11.5 Å². The van der Waals surface area contributed by atoms with Crippen LogP contribution >= 0.6 is 11.8 Å². The summed E-state index contributed by atoms with van der Waals surface area (Å²) in [6, 6.07) is 13.8. The molecule has 2 rings (SSSR count). The van der Waals surface area contributed by atoms with E-state index in [1.165, 1.54) is 0 Å². The van der Waals surface area contributed by atoms with Gasteiger partial charge in [0.25, 0.3) is 0 Å². The summed E-state index contributed by atoms with van der Waals surface area (Å²) >= 11 is 1.72. The molecule has 2 N–H and O–H groups in total. The van der Waals surface area contributed by atoms with Crippen LogP contribution in [0, 0.1) is 0 Å². The van der Waals surface area contributed by atoms with Crippen molar-refractivity contribution in [2.24, 2.45) is 0 Å². The zero-order valence-electron chi connectivity index (χ0n) is 11.1. The third-order valence-electron chi connectivity index (χ3n) is 2.69. The normalized spacial score (nSPS) is 10.2. The minimum absolute atomic E-state index is 0.718. The molecule has 0 fully saturated rings. The largest absolute Gasteiger partial charge is 0.497 e. The Morgan fingerprint density at radius 1 is 1.05 bits per heavy atom. The lowest BCUT2D eigenvalue weighted by Gasteiger charge is -2.09. The van der Waals surface area contributed by atoms with Crippen molar-refractivity contribution in [1.29, 1.82) is 0 Å². The van der Waals surface area contributed by atoms with Gasteiger partial charge >= 0.3 is 0 Å². The molecule has 0 amide bonds. The third kappa shape index (κ3) is 3.58. The lowest BCUT2D eigenvalue weighted by Crippen LogP contribution is -1.92. The molecule has 0 spiro atoms. The Labute approximate surface area is 117 Å². The number of hydrogen-bond acceptors (Lipinski definition) is 4. The number of hydrogen-bond donors (Lipinski definition) is 1. The van der Waals surface area contributed by atoms with E-state index in [0.29, 0.717) is 0 Å². The Morgan fingerprint density at radius 3 is 2.58 bits per heavy atom. The number of para-hydroxylation sites is 1. The van der Waals surface area contributed by atoms with E-state index in [1.54, 1.807) is 26.0 Å². The van der Waals surface area contributed by atoms with Gasteiger partial charge in [-0.15, -0.1) is 11.8 Å². The molecule has 0 aromatic heterocycles. The second-order valence-corrected chi connectivity index (χ2v) is 5.07. The van der Waals surface area contributed by atoms with Crippen LogP contribution in [0.5, 0.6) is 11.5 Å². The predicted molar refractivity (Wildman–Crippen MR) is 80.0 cm³/mol. The molecule has 0 radical (unpaired) electrons. The molecule has 0 aliphatic carbocycles. The number of ether oxygens (including phenoxy) is 2. The number of methoxy groups -OCH3 is 2. The van der Waals surface area contributed by atoms with Gasteiger partial charge in [0.05, 0.1) is 14.2 Å². The molecule has 0 aliphatic heterocycles. The van der Waals surface area contributed by atoms with Crippen LogP contribution in [-0.4, -0.2) is 14.2 Å². The summed E-state index contributed by atoms with van der Waals surface area (Å²) in [7, 11) is 3.33. The predicted octanol–water partition coefficient (Wildman–Crippen LogP) is 3.58. The number of nitrogens with two attached hydrogens (primary N) is 1. The fourth-order valence-electron chi connectivity index (χ4n) is 1.79. The average Bonchev–Trinajstić information content (AvgIpc) is 2.44. The fraction of sp³-hybridized carbons (Fsp3) is 0.200. The summed E-state index contributed by atoms with van der Waals surface area (Å²) in [5.74, 6) is 2.50.